The first-order valence-electron chi connectivity index (χ1n) is 3.87. The Balaban J connectivity index is 2.49. The van der Waals surface area contributed by atoms with Gasteiger partial charge in [0, 0.05) is 10.3 Å². The van der Waals surface area contributed by atoms with Gasteiger partial charge in [-0.3, -0.25) is 0 Å². The molecular weight excluding hydrogens is 176 g/mol. The van der Waals surface area contributed by atoms with Crippen molar-refractivity contribution in [1.82, 2.24) is 0 Å². The van der Waals surface area contributed by atoms with Gasteiger partial charge in [-0.25, -0.2) is 0 Å². The zero-order chi connectivity index (χ0) is 8.27. The average molecular weight is 189 g/mol. The van der Waals surface area contributed by atoms with Gasteiger partial charge in [0.25, 0.3) is 0 Å². The molecule has 2 unspecified atom stereocenters. The van der Waals surface area contributed by atoms with E-state index in [1.807, 2.05) is 18.3 Å². The van der Waals surface area contributed by atoms with Gasteiger partial charge in [0.2, 0.25) is 0 Å². The largest absolute Gasteiger partial charge is 0.149 e. The van der Waals surface area contributed by atoms with Gasteiger partial charge in [-0.15, -0.1) is 22.9 Å². The third-order valence-electron chi connectivity index (χ3n) is 1.71. The maximum atomic E-state index is 5.89. The molecule has 0 saturated heterocycles. The van der Waals surface area contributed by atoms with Crippen LogP contribution < -0.4 is 0 Å². The van der Waals surface area contributed by atoms with E-state index in [2.05, 4.69) is 24.4 Å². The van der Waals surface area contributed by atoms with Crippen molar-refractivity contribution in [3.8, 4) is 0 Å². The molecule has 1 rings (SSSR count). The van der Waals surface area contributed by atoms with Crippen LogP contribution in [-0.2, 0) is 0 Å². The van der Waals surface area contributed by atoms with Crippen molar-refractivity contribution < 1.29 is 0 Å². The summed E-state index contributed by atoms with van der Waals surface area (Å²) in [5.41, 5.74) is 0. The van der Waals surface area contributed by atoms with E-state index in [0.29, 0.717) is 5.92 Å². The number of alkyl halides is 1. The second-order valence-corrected chi connectivity index (χ2v) is 4.66. The van der Waals surface area contributed by atoms with Gasteiger partial charge in [0.05, 0.1) is 0 Å². The van der Waals surface area contributed by atoms with Gasteiger partial charge in [-0.05, 0) is 30.7 Å². The monoisotopic (exact) mass is 188 g/mol. The van der Waals surface area contributed by atoms with Gasteiger partial charge in [0.1, 0.15) is 0 Å². The Bertz CT molecular complexity index is 191. The summed E-state index contributed by atoms with van der Waals surface area (Å²) in [4.78, 5) is 1.44. The van der Waals surface area contributed by atoms with Crippen molar-refractivity contribution in [2.75, 3.05) is 0 Å². The van der Waals surface area contributed by atoms with Crippen LogP contribution in [-0.4, -0.2) is 5.38 Å². The molecular formula is C9H13ClS. The Morgan fingerprint density at radius 3 is 2.73 bits per heavy atom. The van der Waals surface area contributed by atoms with Crippen LogP contribution in [0.1, 0.15) is 31.1 Å². The summed E-state index contributed by atoms with van der Waals surface area (Å²) in [5.74, 6) is 0.613. The molecule has 0 spiro atoms. The van der Waals surface area contributed by atoms with Crippen LogP contribution in [0.4, 0.5) is 0 Å². The molecule has 1 aromatic heterocycles. The van der Waals surface area contributed by atoms with E-state index in [1.165, 1.54) is 4.88 Å². The molecule has 0 fully saturated rings. The van der Waals surface area contributed by atoms with Crippen LogP contribution in [0, 0.1) is 0 Å². The first kappa shape index (κ1) is 9.08. The van der Waals surface area contributed by atoms with E-state index in [9.17, 15) is 0 Å². The lowest BCUT2D eigenvalue weighted by Crippen LogP contribution is -1.98. The highest BCUT2D eigenvalue weighted by Gasteiger charge is 2.08. The van der Waals surface area contributed by atoms with Crippen LogP contribution in [0.15, 0.2) is 17.5 Å². The van der Waals surface area contributed by atoms with Crippen LogP contribution in [0.25, 0.3) is 0 Å². The molecule has 0 radical (unpaired) electrons. The van der Waals surface area contributed by atoms with E-state index in [1.54, 1.807) is 0 Å². The molecule has 2 atom stereocenters. The Kier molecular flexibility index (Phi) is 3.41. The summed E-state index contributed by atoms with van der Waals surface area (Å²) < 4.78 is 0. The normalized spacial score (nSPS) is 16.3. The lowest BCUT2D eigenvalue weighted by atomic mass is 10.0. The van der Waals surface area contributed by atoms with Gasteiger partial charge < -0.3 is 0 Å². The van der Waals surface area contributed by atoms with Gasteiger partial charge in [0.15, 0.2) is 0 Å². The van der Waals surface area contributed by atoms with Gasteiger partial charge in [-0.2, -0.15) is 0 Å². The van der Waals surface area contributed by atoms with E-state index in [-0.39, 0.29) is 5.38 Å². The fourth-order valence-electron chi connectivity index (χ4n) is 1.18. The van der Waals surface area contributed by atoms with Crippen LogP contribution >= 0.6 is 22.9 Å². The number of halogens is 1. The van der Waals surface area contributed by atoms with Crippen molar-refractivity contribution in [2.24, 2.45) is 0 Å². The number of hydrogen-bond acceptors (Lipinski definition) is 1. The molecule has 1 heterocycles. The molecule has 0 aliphatic heterocycles. The third kappa shape index (κ3) is 2.84. The fourth-order valence-corrected chi connectivity index (χ4v) is 2.24. The first-order chi connectivity index (χ1) is 5.20. The Labute approximate surface area is 77.2 Å². The zero-order valence-corrected chi connectivity index (χ0v) is 8.45. The summed E-state index contributed by atoms with van der Waals surface area (Å²) >= 11 is 7.71. The van der Waals surface area contributed by atoms with E-state index in [0.717, 1.165) is 6.42 Å². The molecule has 0 aliphatic carbocycles. The van der Waals surface area contributed by atoms with Gasteiger partial charge in [-0.1, -0.05) is 13.0 Å². The van der Waals surface area contributed by atoms with Gasteiger partial charge >= 0.3 is 0 Å². The predicted molar refractivity (Wildman–Crippen MR) is 52.7 cm³/mol. The summed E-state index contributed by atoms with van der Waals surface area (Å²) in [7, 11) is 0. The zero-order valence-electron chi connectivity index (χ0n) is 6.88. The maximum absolute atomic E-state index is 5.89. The Hall–Kier alpha value is -0.0100. The van der Waals surface area contributed by atoms with Crippen LogP contribution in [0.3, 0.4) is 0 Å². The molecule has 11 heavy (non-hydrogen) atoms. The topological polar surface area (TPSA) is 0 Å². The molecule has 0 bridgehead atoms. The molecule has 0 N–H and O–H groups in total. The number of rotatable bonds is 3. The second-order valence-electron chi connectivity index (χ2n) is 2.93. The molecule has 62 valence electrons. The lowest BCUT2D eigenvalue weighted by Gasteiger charge is -2.09. The molecule has 0 aromatic carbocycles. The molecule has 0 nitrogen and oxygen atoms in total. The maximum Gasteiger partial charge on any atom is 0.0313 e. The van der Waals surface area contributed by atoms with Crippen molar-refractivity contribution in [3.63, 3.8) is 0 Å². The number of thiophene rings is 1. The third-order valence-corrected chi connectivity index (χ3v) is 2.99. The standard InChI is InChI=1S/C9H13ClS/c1-7(6-8(2)10)9-4-3-5-11-9/h3-5,7-8H,6H2,1-2H3. The van der Waals surface area contributed by atoms with Crippen molar-refractivity contribution in [2.45, 2.75) is 31.6 Å². The minimum absolute atomic E-state index is 0.284. The van der Waals surface area contributed by atoms with E-state index >= 15 is 0 Å². The van der Waals surface area contributed by atoms with Crippen molar-refractivity contribution >= 4 is 22.9 Å². The fraction of sp³-hybridized carbons (Fsp3) is 0.556. The minimum atomic E-state index is 0.284. The minimum Gasteiger partial charge on any atom is -0.149 e. The molecule has 0 amide bonds. The lowest BCUT2D eigenvalue weighted by molar-refractivity contribution is 0.681. The predicted octanol–water partition coefficient (Wildman–Crippen LogP) is 3.87. The average Bonchev–Trinajstić information content (AvgIpc) is 2.35. The highest BCUT2D eigenvalue weighted by molar-refractivity contribution is 7.10. The molecule has 1 aromatic rings. The van der Waals surface area contributed by atoms with Crippen LogP contribution in [0.5, 0.6) is 0 Å². The summed E-state index contributed by atoms with van der Waals surface area (Å²) in [6, 6.07) is 4.27. The molecule has 2 heteroatoms. The highest BCUT2D eigenvalue weighted by Crippen LogP contribution is 2.26. The Morgan fingerprint density at radius 1 is 1.55 bits per heavy atom. The van der Waals surface area contributed by atoms with E-state index < -0.39 is 0 Å². The Morgan fingerprint density at radius 2 is 2.27 bits per heavy atom. The van der Waals surface area contributed by atoms with E-state index in [4.69, 9.17) is 11.6 Å². The SMILES string of the molecule is CC(Cl)CC(C)c1cccs1. The van der Waals surface area contributed by atoms with Crippen LogP contribution in [0.2, 0.25) is 0 Å². The highest BCUT2D eigenvalue weighted by atomic mass is 35.5. The summed E-state index contributed by atoms with van der Waals surface area (Å²) in [6.07, 6.45) is 1.07. The molecule has 0 saturated carbocycles. The second kappa shape index (κ2) is 4.13. The first-order valence-corrected chi connectivity index (χ1v) is 5.19. The summed E-state index contributed by atoms with van der Waals surface area (Å²) in [6.45, 7) is 4.27. The molecule has 0 aliphatic rings. The van der Waals surface area contributed by atoms with Crippen molar-refractivity contribution in [1.29, 1.82) is 0 Å². The number of hydrogen-bond donors (Lipinski definition) is 0. The quantitative estimate of drug-likeness (QED) is 0.632. The summed E-state index contributed by atoms with van der Waals surface area (Å²) in [5, 5.41) is 2.40. The van der Waals surface area contributed by atoms with Crippen molar-refractivity contribution in [3.05, 3.63) is 22.4 Å². The smallest absolute Gasteiger partial charge is 0.0313 e.